The molecular formula is C11H21N5O. The first kappa shape index (κ1) is 13.6. The number of anilines is 2. The van der Waals surface area contributed by atoms with Crippen LogP contribution in [-0.2, 0) is 4.74 Å². The molecule has 0 fully saturated rings. The fraction of sp³-hybridized carbons (Fsp3) is 0.727. The van der Waals surface area contributed by atoms with Crippen LogP contribution in [0.4, 0.5) is 11.8 Å². The lowest BCUT2D eigenvalue weighted by Gasteiger charge is -2.06. The Morgan fingerprint density at radius 1 is 1.24 bits per heavy atom. The zero-order valence-electron chi connectivity index (χ0n) is 10.6. The van der Waals surface area contributed by atoms with Crippen LogP contribution in [0.15, 0.2) is 6.20 Å². The van der Waals surface area contributed by atoms with Crippen LogP contribution in [-0.4, -0.2) is 42.0 Å². The second-order valence-electron chi connectivity index (χ2n) is 3.72. The monoisotopic (exact) mass is 239 g/mol. The van der Waals surface area contributed by atoms with Gasteiger partial charge >= 0.3 is 0 Å². The number of methoxy groups -OCH3 is 1. The first-order valence-corrected chi connectivity index (χ1v) is 6.03. The highest BCUT2D eigenvalue weighted by Gasteiger charge is 1.98. The molecule has 0 atom stereocenters. The van der Waals surface area contributed by atoms with Crippen LogP contribution in [0.3, 0.4) is 0 Å². The Balaban J connectivity index is 2.31. The third-order valence-electron chi connectivity index (χ3n) is 2.20. The van der Waals surface area contributed by atoms with E-state index < -0.39 is 0 Å². The molecule has 96 valence electrons. The standard InChI is InChI=1S/C11H21N5O/c1-3-4-6-13-11-15-10(9-14-16-11)12-7-5-8-17-2/h9H,3-8H2,1-2H3,(H2,12,13,15,16). The molecule has 0 unspecified atom stereocenters. The molecule has 17 heavy (non-hydrogen) atoms. The van der Waals surface area contributed by atoms with Crippen LogP contribution < -0.4 is 10.6 Å². The Kier molecular flexibility index (Phi) is 6.97. The average Bonchev–Trinajstić information content (AvgIpc) is 2.36. The van der Waals surface area contributed by atoms with Crippen molar-refractivity contribution in [1.82, 2.24) is 15.2 Å². The zero-order chi connectivity index (χ0) is 12.3. The molecule has 1 heterocycles. The number of hydrogen-bond donors (Lipinski definition) is 2. The normalized spacial score (nSPS) is 10.2. The molecule has 6 nitrogen and oxygen atoms in total. The second-order valence-corrected chi connectivity index (χ2v) is 3.72. The molecule has 0 aliphatic rings. The van der Waals surface area contributed by atoms with Gasteiger partial charge in [-0.2, -0.15) is 10.1 Å². The highest BCUT2D eigenvalue weighted by molar-refractivity contribution is 5.36. The van der Waals surface area contributed by atoms with E-state index in [1.807, 2.05) is 0 Å². The highest BCUT2D eigenvalue weighted by atomic mass is 16.5. The summed E-state index contributed by atoms with van der Waals surface area (Å²) >= 11 is 0. The average molecular weight is 239 g/mol. The van der Waals surface area contributed by atoms with E-state index in [0.717, 1.165) is 44.8 Å². The minimum absolute atomic E-state index is 0.579. The van der Waals surface area contributed by atoms with E-state index in [0.29, 0.717) is 5.95 Å². The fourth-order valence-electron chi connectivity index (χ4n) is 1.27. The van der Waals surface area contributed by atoms with Gasteiger partial charge in [-0.25, -0.2) is 0 Å². The molecular weight excluding hydrogens is 218 g/mol. The van der Waals surface area contributed by atoms with Gasteiger partial charge in [0.25, 0.3) is 0 Å². The van der Waals surface area contributed by atoms with E-state index in [4.69, 9.17) is 4.74 Å². The number of aromatic nitrogens is 3. The molecule has 0 amide bonds. The van der Waals surface area contributed by atoms with Crippen molar-refractivity contribution in [3.63, 3.8) is 0 Å². The summed E-state index contributed by atoms with van der Waals surface area (Å²) in [7, 11) is 1.70. The molecule has 0 aliphatic heterocycles. The van der Waals surface area contributed by atoms with Gasteiger partial charge in [-0.1, -0.05) is 13.3 Å². The van der Waals surface area contributed by atoms with E-state index in [1.54, 1.807) is 13.3 Å². The van der Waals surface area contributed by atoms with Crippen LogP contribution in [0.2, 0.25) is 0 Å². The Bertz CT molecular complexity index is 308. The van der Waals surface area contributed by atoms with E-state index in [-0.39, 0.29) is 0 Å². The maximum Gasteiger partial charge on any atom is 0.244 e. The number of rotatable bonds is 9. The van der Waals surface area contributed by atoms with Crippen molar-refractivity contribution in [2.75, 3.05) is 37.4 Å². The first-order valence-electron chi connectivity index (χ1n) is 6.03. The van der Waals surface area contributed by atoms with Crippen molar-refractivity contribution in [1.29, 1.82) is 0 Å². The summed E-state index contributed by atoms with van der Waals surface area (Å²) in [6.45, 7) is 4.59. The number of nitrogens with zero attached hydrogens (tertiary/aromatic N) is 3. The number of ether oxygens (including phenoxy) is 1. The zero-order valence-corrected chi connectivity index (χ0v) is 10.6. The van der Waals surface area contributed by atoms with Crippen LogP contribution in [0.5, 0.6) is 0 Å². The van der Waals surface area contributed by atoms with Crippen LogP contribution in [0.25, 0.3) is 0 Å². The molecule has 0 radical (unpaired) electrons. The van der Waals surface area contributed by atoms with Gasteiger partial charge in [-0.3, -0.25) is 0 Å². The van der Waals surface area contributed by atoms with Gasteiger partial charge in [-0.05, 0) is 12.8 Å². The van der Waals surface area contributed by atoms with Gasteiger partial charge in [0.1, 0.15) is 0 Å². The van der Waals surface area contributed by atoms with E-state index >= 15 is 0 Å². The van der Waals surface area contributed by atoms with Gasteiger partial charge < -0.3 is 15.4 Å². The third-order valence-corrected chi connectivity index (χ3v) is 2.20. The molecule has 0 aromatic carbocycles. The lowest BCUT2D eigenvalue weighted by atomic mass is 10.3. The lowest BCUT2D eigenvalue weighted by molar-refractivity contribution is 0.197. The first-order chi connectivity index (χ1) is 8.36. The summed E-state index contributed by atoms with van der Waals surface area (Å²) in [6, 6.07) is 0. The van der Waals surface area contributed by atoms with Crippen molar-refractivity contribution in [2.45, 2.75) is 26.2 Å². The third kappa shape index (κ3) is 6.01. The molecule has 2 N–H and O–H groups in total. The smallest absolute Gasteiger partial charge is 0.244 e. The van der Waals surface area contributed by atoms with Gasteiger partial charge in [0.05, 0.1) is 6.20 Å². The molecule has 0 aliphatic carbocycles. The van der Waals surface area contributed by atoms with Gasteiger partial charge in [0, 0.05) is 26.8 Å². The predicted molar refractivity (Wildman–Crippen MR) is 68.2 cm³/mol. The maximum absolute atomic E-state index is 4.97. The van der Waals surface area contributed by atoms with Crippen molar-refractivity contribution < 1.29 is 4.74 Å². The quantitative estimate of drug-likeness (QED) is 0.637. The number of nitrogens with one attached hydrogen (secondary N) is 2. The summed E-state index contributed by atoms with van der Waals surface area (Å²) in [4.78, 5) is 4.31. The Morgan fingerprint density at radius 3 is 2.82 bits per heavy atom. The van der Waals surface area contributed by atoms with E-state index in [9.17, 15) is 0 Å². The summed E-state index contributed by atoms with van der Waals surface area (Å²) in [5, 5.41) is 14.1. The Morgan fingerprint density at radius 2 is 2.06 bits per heavy atom. The summed E-state index contributed by atoms with van der Waals surface area (Å²) in [6.07, 6.45) is 4.82. The van der Waals surface area contributed by atoms with Crippen molar-refractivity contribution in [2.24, 2.45) is 0 Å². The predicted octanol–water partition coefficient (Wildman–Crippen LogP) is 1.53. The highest BCUT2D eigenvalue weighted by Crippen LogP contribution is 2.03. The van der Waals surface area contributed by atoms with Crippen molar-refractivity contribution >= 4 is 11.8 Å². The minimum atomic E-state index is 0.579. The maximum atomic E-state index is 4.97. The fourth-order valence-corrected chi connectivity index (χ4v) is 1.27. The van der Waals surface area contributed by atoms with Crippen LogP contribution >= 0.6 is 0 Å². The van der Waals surface area contributed by atoms with Crippen LogP contribution in [0.1, 0.15) is 26.2 Å². The molecule has 1 rings (SSSR count). The molecule has 0 spiro atoms. The number of unbranched alkanes of at least 4 members (excludes halogenated alkanes) is 1. The van der Waals surface area contributed by atoms with Gasteiger partial charge in [-0.15, -0.1) is 5.10 Å². The van der Waals surface area contributed by atoms with Crippen LogP contribution in [0, 0.1) is 0 Å². The summed E-state index contributed by atoms with van der Waals surface area (Å²) in [5.41, 5.74) is 0. The van der Waals surface area contributed by atoms with E-state index in [2.05, 4.69) is 32.7 Å². The molecule has 0 saturated heterocycles. The number of hydrogen-bond acceptors (Lipinski definition) is 6. The van der Waals surface area contributed by atoms with Gasteiger partial charge in [0.15, 0.2) is 5.82 Å². The largest absolute Gasteiger partial charge is 0.385 e. The van der Waals surface area contributed by atoms with Crippen molar-refractivity contribution in [3.8, 4) is 0 Å². The molecule has 1 aromatic heterocycles. The molecule has 1 aromatic rings. The van der Waals surface area contributed by atoms with Crippen molar-refractivity contribution in [3.05, 3.63) is 6.20 Å². The Hall–Kier alpha value is -1.43. The molecule has 6 heteroatoms. The minimum Gasteiger partial charge on any atom is -0.385 e. The molecule has 0 saturated carbocycles. The Labute approximate surface area is 102 Å². The summed E-state index contributed by atoms with van der Waals surface area (Å²) in [5.74, 6) is 1.32. The second kappa shape index (κ2) is 8.69. The SMILES string of the molecule is CCCCNc1nncc(NCCCOC)n1. The van der Waals surface area contributed by atoms with Gasteiger partial charge in [0.2, 0.25) is 5.95 Å². The lowest BCUT2D eigenvalue weighted by Crippen LogP contribution is -2.10. The molecule has 0 bridgehead atoms. The topological polar surface area (TPSA) is 72.0 Å². The van der Waals surface area contributed by atoms with E-state index in [1.165, 1.54) is 0 Å². The summed E-state index contributed by atoms with van der Waals surface area (Å²) < 4.78 is 4.97.